The third kappa shape index (κ3) is 2.72. The minimum absolute atomic E-state index is 0.402. The average molecular weight is 290 g/mol. The molecule has 1 aliphatic carbocycles. The van der Waals surface area contributed by atoms with Crippen LogP contribution in [0, 0.1) is 23.7 Å². The molecule has 0 saturated heterocycles. The van der Waals surface area contributed by atoms with Crippen LogP contribution in [0.5, 0.6) is 0 Å². The lowest BCUT2D eigenvalue weighted by molar-refractivity contribution is 0.457. The Morgan fingerprint density at radius 2 is 1.62 bits per heavy atom. The quantitative estimate of drug-likeness (QED) is 0.835. The van der Waals surface area contributed by atoms with Gasteiger partial charge in [-0.05, 0) is 30.1 Å². The molecule has 2 rings (SSSR count). The van der Waals surface area contributed by atoms with Crippen molar-refractivity contribution in [3.63, 3.8) is 0 Å². The summed E-state index contributed by atoms with van der Waals surface area (Å²) in [4.78, 5) is 9.28. The minimum Gasteiger partial charge on any atom is -0.373 e. The van der Waals surface area contributed by atoms with Gasteiger partial charge < -0.3 is 10.6 Å². The number of nitrogens with zero attached hydrogens (tertiary/aromatic N) is 2. The van der Waals surface area contributed by atoms with Crippen LogP contribution in [0.2, 0.25) is 0 Å². The van der Waals surface area contributed by atoms with Crippen molar-refractivity contribution in [2.45, 2.75) is 54.4 Å². The number of aryl methyl sites for hydroxylation is 1. The summed E-state index contributed by atoms with van der Waals surface area (Å²) < 4.78 is 0. The fraction of sp³-hybridized carbons (Fsp3) is 0.765. The first-order chi connectivity index (χ1) is 9.75. The van der Waals surface area contributed by atoms with E-state index >= 15 is 0 Å². The molecule has 1 aliphatic rings. The molecule has 1 fully saturated rings. The molecular weight excluding hydrogens is 260 g/mol. The zero-order valence-electron chi connectivity index (χ0n) is 14.6. The Bertz CT molecular complexity index is 506. The maximum Gasteiger partial charge on any atom is 0.134 e. The van der Waals surface area contributed by atoms with Gasteiger partial charge in [0, 0.05) is 25.6 Å². The second-order valence-corrected chi connectivity index (χ2v) is 7.34. The summed E-state index contributed by atoms with van der Waals surface area (Å²) in [7, 11) is 1.92. The molecule has 1 saturated carbocycles. The van der Waals surface area contributed by atoms with Crippen LogP contribution in [0.4, 0.5) is 11.6 Å². The van der Waals surface area contributed by atoms with Gasteiger partial charge in [-0.2, -0.15) is 0 Å². The first-order valence-electron chi connectivity index (χ1n) is 8.04. The lowest BCUT2D eigenvalue weighted by Gasteiger charge is -2.14. The molecule has 0 spiro atoms. The van der Waals surface area contributed by atoms with Crippen LogP contribution < -0.4 is 10.6 Å². The Kier molecular flexibility index (Phi) is 4.18. The van der Waals surface area contributed by atoms with Gasteiger partial charge in [0.15, 0.2) is 0 Å². The highest BCUT2D eigenvalue weighted by atomic mass is 15.1. The summed E-state index contributed by atoms with van der Waals surface area (Å²) in [6.45, 7) is 14.6. The maximum atomic E-state index is 4.70. The zero-order valence-corrected chi connectivity index (χ0v) is 14.6. The average Bonchev–Trinajstić information content (AvgIpc) is 2.80. The molecule has 1 aromatic heterocycles. The van der Waals surface area contributed by atoms with E-state index in [0.29, 0.717) is 16.7 Å². The first kappa shape index (κ1) is 16.1. The van der Waals surface area contributed by atoms with Gasteiger partial charge in [-0.25, -0.2) is 9.97 Å². The number of rotatable bonds is 6. The van der Waals surface area contributed by atoms with Gasteiger partial charge in [-0.1, -0.05) is 34.6 Å². The van der Waals surface area contributed by atoms with E-state index in [1.807, 2.05) is 7.05 Å². The fourth-order valence-electron chi connectivity index (χ4n) is 3.36. The fourth-order valence-corrected chi connectivity index (χ4v) is 3.36. The summed E-state index contributed by atoms with van der Waals surface area (Å²) in [5.74, 6) is 3.53. The van der Waals surface area contributed by atoms with Crippen LogP contribution in [0.3, 0.4) is 0 Å². The van der Waals surface area contributed by atoms with Crippen molar-refractivity contribution in [2.75, 3.05) is 24.2 Å². The molecule has 0 bridgehead atoms. The molecule has 21 heavy (non-hydrogen) atoms. The highest BCUT2D eigenvalue weighted by molar-refractivity contribution is 5.57. The molecule has 0 radical (unpaired) electrons. The zero-order chi connectivity index (χ0) is 15.8. The molecule has 0 amide bonds. The molecule has 2 N–H and O–H groups in total. The van der Waals surface area contributed by atoms with Crippen LogP contribution in [-0.2, 0) is 6.42 Å². The molecule has 1 heterocycles. The van der Waals surface area contributed by atoms with E-state index in [4.69, 9.17) is 4.98 Å². The molecule has 0 atom stereocenters. The smallest absolute Gasteiger partial charge is 0.134 e. The van der Waals surface area contributed by atoms with E-state index in [1.54, 1.807) is 0 Å². The van der Waals surface area contributed by atoms with Crippen LogP contribution in [0.15, 0.2) is 0 Å². The lowest BCUT2D eigenvalue weighted by Crippen LogP contribution is -2.13. The van der Waals surface area contributed by atoms with Crippen molar-refractivity contribution >= 4 is 11.6 Å². The summed E-state index contributed by atoms with van der Waals surface area (Å²) >= 11 is 0. The molecule has 0 unspecified atom stereocenters. The normalized spacial score (nSPS) is 19.4. The SMILES string of the molecule is CCCc1nc(NC)c(C)c(NCC2C(C)(C)C2(C)C)n1. The van der Waals surface area contributed by atoms with Gasteiger partial charge >= 0.3 is 0 Å². The Balaban J connectivity index is 2.14. The van der Waals surface area contributed by atoms with E-state index in [9.17, 15) is 0 Å². The summed E-state index contributed by atoms with van der Waals surface area (Å²) in [5.41, 5.74) is 1.91. The van der Waals surface area contributed by atoms with Crippen molar-refractivity contribution in [1.29, 1.82) is 0 Å². The molecule has 118 valence electrons. The minimum atomic E-state index is 0.402. The van der Waals surface area contributed by atoms with Crippen molar-refractivity contribution in [1.82, 2.24) is 9.97 Å². The third-order valence-electron chi connectivity index (χ3n) is 5.70. The van der Waals surface area contributed by atoms with Gasteiger partial charge in [0.25, 0.3) is 0 Å². The Morgan fingerprint density at radius 3 is 2.10 bits per heavy atom. The standard InChI is InChI=1S/C17H30N4/c1-8-9-13-20-14(18-7)11(2)15(21-13)19-10-12-16(3,4)17(12,5)6/h12H,8-10H2,1-7H3,(H2,18,19,20,21). The number of aromatic nitrogens is 2. The second kappa shape index (κ2) is 5.47. The van der Waals surface area contributed by atoms with E-state index in [1.165, 1.54) is 0 Å². The van der Waals surface area contributed by atoms with Crippen LogP contribution in [0.25, 0.3) is 0 Å². The van der Waals surface area contributed by atoms with Gasteiger partial charge in [0.05, 0.1) is 0 Å². The second-order valence-electron chi connectivity index (χ2n) is 7.34. The Hall–Kier alpha value is -1.32. The largest absolute Gasteiger partial charge is 0.373 e. The van der Waals surface area contributed by atoms with Crippen molar-refractivity contribution in [3.8, 4) is 0 Å². The monoisotopic (exact) mass is 290 g/mol. The summed E-state index contributed by atoms with van der Waals surface area (Å²) in [6, 6.07) is 0. The molecule has 0 aromatic carbocycles. The molecule has 4 nitrogen and oxygen atoms in total. The van der Waals surface area contributed by atoms with E-state index in [2.05, 4.69) is 57.2 Å². The lowest BCUT2D eigenvalue weighted by atomic mass is 10.0. The maximum absolute atomic E-state index is 4.70. The first-order valence-corrected chi connectivity index (χ1v) is 8.04. The number of anilines is 2. The Labute approximate surface area is 129 Å². The van der Waals surface area contributed by atoms with Gasteiger partial charge in [0.1, 0.15) is 17.5 Å². The molecule has 1 aromatic rings. The highest BCUT2D eigenvalue weighted by Gasteiger charge is 2.64. The Morgan fingerprint density at radius 1 is 1.05 bits per heavy atom. The topological polar surface area (TPSA) is 49.8 Å². The molecule has 4 heteroatoms. The van der Waals surface area contributed by atoms with Crippen LogP contribution >= 0.6 is 0 Å². The van der Waals surface area contributed by atoms with E-state index < -0.39 is 0 Å². The van der Waals surface area contributed by atoms with Crippen molar-refractivity contribution in [3.05, 3.63) is 11.4 Å². The predicted octanol–water partition coefficient (Wildman–Crippen LogP) is 3.87. The highest BCUT2D eigenvalue weighted by Crippen LogP contribution is 2.68. The van der Waals surface area contributed by atoms with Gasteiger partial charge in [0.2, 0.25) is 0 Å². The molecular formula is C17H30N4. The van der Waals surface area contributed by atoms with Crippen molar-refractivity contribution in [2.24, 2.45) is 16.7 Å². The van der Waals surface area contributed by atoms with E-state index in [0.717, 1.165) is 42.4 Å². The van der Waals surface area contributed by atoms with Gasteiger partial charge in [-0.3, -0.25) is 0 Å². The van der Waals surface area contributed by atoms with Crippen LogP contribution in [0.1, 0.15) is 52.4 Å². The number of hydrogen-bond donors (Lipinski definition) is 2. The molecule has 0 aliphatic heterocycles. The summed E-state index contributed by atoms with van der Waals surface area (Å²) in [5, 5.41) is 6.75. The number of nitrogens with one attached hydrogen (secondary N) is 2. The predicted molar refractivity (Wildman–Crippen MR) is 89.9 cm³/mol. The third-order valence-corrected chi connectivity index (χ3v) is 5.70. The van der Waals surface area contributed by atoms with Crippen molar-refractivity contribution < 1.29 is 0 Å². The van der Waals surface area contributed by atoms with Gasteiger partial charge in [-0.15, -0.1) is 0 Å². The van der Waals surface area contributed by atoms with Crippen LogP contribution in [-0.4, -0.2) is 23.6 Å². The van der Waals surface area contributed by atoms with E-state index in [-0.39, 0.29) is 0 Å². The summed E-state index contributed by atoms with van der Waals surface area (Å²) in [6.07, 6.45) is 1.98. The number of hydrogen-bond acceptors (Lipinski definition) is 4.